The highest BCUT2D eigenvalue weighted by atomic mass is 32.1. The number of aryl methyl sites for hydroxylation is 3. The minimum atomic E-state index is -0.838. The van der Waals surface area contributed by atoms with Crippen LogP contribution in [0.3, 0.4) is 0 Å². The van der Waals surface area contributed by atoms with Crippen LogP contribution in [0.5, 0.6) is 0 Å². The molecule has 0 fully saturated rings. The Labute approximate surface area is 207 Å². The van der Waals surface area contributed by atoms with Crippen LogP contribution in [0.4, 0.5) is 5.69 Å². The quantitative estimate of drug-likeness (QED) is 0.351. The number of aliphatic hydroxyl groups excluding tert-OH is 1. The lowest BCUT2D eigenvalue weighted by molar-refractivity contribution is -0.117. The fourth-order valence-corrected chi connectivity index (χ4v) is 5.03. The summed E-state index contributed by atoms with van der Waals surface area (Å²) in [6, 6.07) is 13.0. The predicted molar refractivity (Wildman–Crippen MR) is 134 cm³/mol. The fourth-order valence-electron chi connectivity index (χ4n) is 4.16. The van der Waals surface area contributed by atoms with Crippen molar-refractivity contribution in [2.45, 2.75) is 40.2 Å². The molecule has 0 spiro atoms. The largest absolute Gasteiger partial charge is 0.503 e. The number of nitrogens with zero attached hydrogens (tertiary/aromatic N) is 2. The average molecular weight is 491 g/mol. The number of aromatic nitrogens is 1. The third-order valence-corrected chi connectivity index (χ3v) is 6.81. The van der Waals surface area contributed by atoms with Crippen LogP contribution < -0.4 is 4.90 Å². The number of hydrogen-bond acceptors (Lipinski definition) is 7. The van der Waals surface area contributed by atoms with E-state index in [-0.39, 0.29) is 5.57 Å². The Morgan fingerprint density at radius 3 is 2.43 bits per heavy atom. The normalized spacial score (nSPS) is 15.6. The first kappa shape index (κ1) is 24.3. The van der Waals surface area contributed by atoms with E-state index in [1.54, 1.807) is 38.1 Å². The maximum Gasteiger partial charge on any atom is 0.338 e. The Hall–Kier alpha value is -3.78. The first-order chi connectivity index (χ1) is 16.7. The van der Waals surface area contributed by atoms with Gasteiger partial charge in [-0.05, 0) is 57.0 Å². The topological polar surface area (TPSA) is 96.8 Å². The zero-order valence-electron chi connectivity index (χ0n) is 20.0. The number of hydrogen-bond donors (Lipinski definition) is 1. The minimum Gasteiger partial charge on any atom is -0.503 e. The smallest absolute Gasteiger partial charge is 0.338 e. The molecule has 8 heteroatoms. The number of anilines is 1. The van der Waals surface area contributed by atoms with Gasteiger partial charge in [-0.1, -0.05) is 36.8 Å². The highest BCUT2D eigenvalue weighted by Gasteiger charge is 2.45. The zero-order valence-corrected chi connectivity index (χ0v) is 20.8. The summed E-state index contributed by atoms with van der Waals surface area (Å²) in [6.45, 7) is 7.69. The molecule has 2 heterocycles. The van der Waals surface area contributed by atoms with Gasteiger partial charge in [0.15, 0.2) is 5.76 Å². The van der Waals surface area contributed by atoms with Gasteiger partial charge in [-0.2, -0.15) is 0 Å². The second-order valence-electron chi connectivity index (χ2n) is 8.41. The maximum atomic E-state index is 13.6. The lowest BCUT2D eigenvalue weighted by atomic mass is 9.94. The van der Waals surface area contributed by atoms with E-state index >= 15 is 0 Å². The second-order valence-corrected chi connectivity index (χ2v) is 9.62. The number of esters is 1. The molecule has 35 heavy (non-hydrogen) atoms. The molecule has 0 radical (unpaired) electrons. The van der Waals surface area contributed by atoms with Crippen molar-refractivity contribution in [3.05, 3.63) is 92.1 Å². The van der Waals surface area contributed by atoms with Crippen LogP contribution in [0.2, 0.25) is 0 Å². The van der Waals surface area contributed by atoms with Crippen LogP contribution >= 0.6 is 11.3 Å². The molecule has 1 aliphatic heterocycles. The van der Waals surface area contributed by atoms with Crippen molar-refractivity contribution in [3.8, 4) is 0 Å². The number of rotatable bonds is 7. The van der Waals surface area contributed by atoms with Crippen LogP contribution in [0, 0.1) is 20.8 Å². The average Bonchev–Trinajstić information content (AvgIpc) is 3.32. The molecule has 3 aromatic rings. The third-order valence-electron chi connectivity index (χ3n) is 5.74. The van der Waals surface area contributed by atoms with Gasteiger partial charge in [-0.3, -0.25) is 14.5 Å². The number of ketones is 1. The molecule has 180 valence electrons. The van der Waals surface area contributed by atoms with Crippen LogP contribution in [0.1, 0.15) is 61.2 Å². The number of aliphatic hydroxyl groups is 1. The number of Topliss-reactive ketones (excluding diaryl/α,β-unsaturated/α-hetero) is 1. The van der Waals surface area contributed by atoms with Crippen LogP contribution in [0.25, 0.3) is 0 Å². The van der Waals surface area contributed by atoms with Gasteiger partial charge in [0, 0.05) is 5.69 Å². The van der Waals surface area contributed by atoms with Crippen LogP contribution in [0.15, 0.2) is 59.9 Å². The highest BCUT2D eigenvalue weighted by molar-refractivity contribution is 7.14. The number of benzene rings is 2. The van der Waals surface area contributed by atoms with E-state index in [0.717, 1.165) is 10.6 Å². The molecule has 2 aromatic carbocycles. The number of ether oxygens (including phenoxy) is 1. The van der Waals surface area contributed by atoms with Crippen molar-refractivity contribution in [3.63, 3.8) is 0 Å². The first-order valence-electron chi connectivity index (χ1n) is 11.3. The molecule has 1 atom stereocenters. The highest BCUT2D eigenvalue weighted by Crippen LogP contribution is 2.43. The van der Waals surface area contributed by atoms with Crippen LogP contribution in [-0.2, 0) is 9.53 Å². The van der Waals surface area contributed by atoms with Crippen molar-refractivity contribution in [2.24, 2.45) is 0 Å². The molecule has 4 rings (SSSR count). The Bertz CT molecular complexity index is 1340. The van der Waals surface area contributed by atoms with E-state index in [0.29, 0.717) is 40.4 Å². The fraction of sp³-hybridized carbons (Fsp3) is 0.259. The molecule has 0 saturated heterocycles. The summed E-state index contributed by atoms with van der Waals surface area (Å²) in [5, 5.41) is 11.7. The van der Waals surface area contributed by atoms with Crippen molar-refractivity contribution in [1.82, 2.24) is 4.98 Å². The minimum absolute atomic E-state index is 0.0128. The van der Waals surface area contributed by atoms with E-state index in [2.05, 4.69) is 4.98 Å². The molecular weight excluding hydrogens is 464 g/mol. The Kier molecular flexibility index (Phi) is 6.84. The lowest BCUT2D eigenvalue weighted by Gasteiger charge is -2.27. The number of carbonyl (C=O) groups is 3. The van der Waals surface area contributed by atoms with E-state index < -0.39 is 29.5 Å². The summed E-state index contributed by atoms with van der Waals surface area (Å²) in [4.78, 5) is 45.3. The number of amides is 1. The van der Waals surface area contributed by atoms with E-state index in [4.69, 9.17) is 4.74 Å². The number of carbonyl (C=O) groups excluding carboxylic acids is 3. The predicted octanol–water partition coefficient (Wildman–Crippen LogP) is 5.42. The Morgan fingerprint density at radius 1 is 1.11 bits per heavy atom. The van der Waals surface area contributed by atoms with Gasteiger partial charge in [0.2, 0.25) is 5.78 Å². The van der Waals surface area contributed by atoms with Crippen molar-refractivity contribution in [1.29, 1.82) is 0 Å². The first-order valence-corrected chi connectivity index (χ1v) is 12.1. The van der Waals surface area contributed by atoms with Gasteiger partial charge in [-0.15, -0.1) is 11.3 Å². The maximum absolute atomic E-state index is 13.6. The summed E-state index contributed by atoms with van der Waals surface area (Å²) >= 11 is 1.23. The molecule has 1 aromatic heterocycles. The Morgan fingerprint density at radius 2 is 1.83 bits per heavy atom. The van der Waals surface area contributed by atoms with Gasteiger partial charge in [0.1, 0.15) is 0 Å². The summed E-state index contributed by atoms with van der Waals surface area (Å²) in [5.74, 6) is -2.14. The van der Waals surface area contributed by atoms with Crippen molar-refractivity contribution >= 4 is 34.7 Å². The van der Waals surface area contributed by atoms with E-state index in [1.165, 1.54) is 16.2 Å². The second kappa shape index (κ2) is 9.84. The molecule has 1 unspecified atom stereocenters. The zero-order chi connectivity index (χ0) is 25.3. The van der Waals surface area contributed by atoms with Gasteiger partial charge in [0.25, 0.3) is 5.91 Å². The summed E-state index contributed by atoms with van der Waals surface area (Å²) in [6.07, 6.45) is 0.713. The summed E-state index contributed by atoms with van der Waals surface area (Å²) < 4.78 is 5.18. The molecule has 1 N–H and O–H groups in total. The molecule has 0 saturated carbocycles. The van der Waals surface area contributed by atoms with Crippen LogP contribution in [-0.4, -0.2) is 34.4 Å². The van der Waals surface area contributed by atoms with Gasteiger partial charge < -0.3 is 9.84 Å². The molecule has 1 aliphatic rings. The van der Waals surface area contributed by atoms with Gasteiger partial charge in [-0.25, -0.2) is 9.78 Å². The van der Waals surface area contributed by atoms with E-state index in [1.807, 2.05) is 38.1 Å². The molecule has 7 nitrogen and oxygen atoms in total. The summed E-state index contributed by atoms with van der Waals surface area (Å²) in [7, 11) is 0. The summed E-state index contributed by atoms with van der Waals surface area (Å²) in [5.41, 5.74) is 3.01. The number of thiazole rings is 1. The van der Waals surface area contributed by atoms with Gasteiger partial charge in [0.05, 0.1) is 39.4 Å². The van der Waals surface area contributed by atoms with Crippen molar-refractivity contribution < 1.29 is 24.2 Å². The molecule has 0 bridgehead atoms. The standard InChI is InChI=1S/C27H26N2O5S/c1-5-13-34-27(33)18-9-11-20(12-10-18)29-22(19-8-6-7-15(2)14-19)21(24(31)26(29)32)23(30)25-16(3)28-17(4)35-25/h6-12,14,22,31H,5,13H2,1-4H3. The van der Waals surface area contributed by atoms with Gasteiger partial charge >= 0.3 is 5.97 Å². The molecule has 0 aliphatic carbocycles. The molecular formula is C27H26N2O5S. The third kappa shape index (κ3) is 4.61. The monoisotopic (exact) mass is 490 g/mol. The Balaban J connectivity index is 1.79. The molecule has 1 amide bonds. The lowest BCUT2D eigenvalue weighted by Crippen LogP contribution is -2.31. The van der Waals surface area contributed by atoms with E-state index in [9.17, 15) is 19.5 Å². The SMILES string of the molecule is CCCOC(=O)c1ccc(N2C(=O)C(O)=C(C(=O)c3sc(C)nc3C)C2c2cccc(C)c2)cc1. The van der Waals surface area contributed by atoms with Crippen molar-refractivity contribution in [2.75, 3.05) is 11.5 Å².